The molecule has 0 fully saturated rings. The number of carboxylic acids is 1. The molecule has 3 heteroatoms. The molecule has 0 heterocycles. The Morgan fingerprint density at radius 1 is 1.38 bits per heavy atom. The lowest BCUT2D eigenvalue weighted by Crippen LogP contribution is -2.10. The molecule has 0 saturated heterocycles. The van der Waals surface area contributed by atoms with E-state index >= 15 is 0 Å². The third kappa shape index (κ3) is 2.87. The molecule has 1 aromatic rings. The van der Waals surface area contributed by atoms with Gasteiger partial charge in [-0.05, 0) is 37.7 Å². The number of rotatable bonds is 4. The maximum Gasteiger partial charge on any atom is 0.335 e. The molecule has 0 amide bonds. The zero-order valence-electron chi connectivity index (χ0n) is 7.58. The normalized spacial score (nSPS) is 9.92. The highest BCUT2D eigenvalue weighted by Gasteiger charge is 2.00. The van der Waals surface area contributed by atoms with Gasteiger partial charge >= 0.3 is 5.97 Å². The smallest absolute Gasteiger partial charge is 0.335 e. The average Bonchev–Trinajstić information content (AvgIpc) is 2.15. The molecule has 0 saturated carbocycles. The SMILES string of the molecule is CNCCc1ccc(C(=O)O)cc1. The summed E-state index contributed by atoms with van der Waals surface area (Å²) >= 11 is 0. The Kier molecular flexibility index (Phi) is 3.46. The number of nitrogens with one attached hydrogen (secondary N) is 1. The second-order valence-corrected chi connectivity index (χ2v) is 2.86. The van der Waals surface area contributed by atoms with Gasteiger partial charge in [-0.2, -0.15) is 0 Å². The summed E-state index contributed by atoms with van der Waals surface area (Å²) in [5.41, 5.74) is 1.49. The Bertz CT molecular complexity index is 279. The molecular weight excluding hydrogens is 166 g/mol. The van der Waals surface area contributed by atoms with Crippen LogP contribution in [0.1, 0.15) is 15.9 Å². The number of carbonyl (C=O) groups is 1. The summed E-state index contributed by atoms with van der Waals surface area (Å²) in [7, 11) is 1.89. The molecule has 3 nitrogen and oxygen atoms in total. The van der Waals surface area contributed by atoms with E-state index in [-0.39, 0.29) is 0 Å². The van der Waals surface area contributed by atoms with Crippen LogP contribution in [0.3, 0.4) is 0 Å². The summed E-state index contributed by atoms with van der Waals surface area (Å²) in [4.78, 5) is 10.5. The van der Waals surface area contributed by atoms with Crippen LogP contribution in [0.15, 0.2) is 24.3 Å². The third-order valence-corrected chi connectivity index (χ3v) is 1.86. The molecule has 0 aliphatic carbocycles. The van der Waals surface area contributed by atoms with Crippen LogP contribution < -0.4 is 5.32 Å². The third-order valence-electron chi connectivity index (χ3n) is 1.86. The van der Waals surface area contributed by atoms with Crippen LogP contribution in [0.5, 0.6) is 0 Å². The monoisotopic (exact) mass is 179 g/mol. The van der Waals surface area contributed by atoms with Crippen molar-refractivity contribution in [1.82, 2.24) is 5.32 Å². The van der Waals surface area contributed by atoms with Crippen LogP contribution in [-0.4, -0.2) is 24.7 Å². The first kappa shape index (κ1) is 9.74. The lowest BCUT2D eigenvalue weighted by atomic mass is 10.1. The van der Waals surface area contributed by atoms with Crippen molar-refractivity contribution in [2.24, 2.45) is 0 Å². The number of carboxylic acid groups (broad SMARTS) is 1. The Morgan fingerprint density at radius 3 is 2.46 bits per heavy atom. The molecule has 0 bridgehead atoms. The van der Waals surface area contributed by atoms with Gasteiger partial charge in [0, 0.05) is 0 Å². The lowest BCUT2D eigenvalue weighted by molar-refractivity contribution is 0.0697. The molecule has 0 aliphatic rings. The van der Waals surface area contributed by atoms with E-state index in [4.69, 9.17) is 5.11 Å². The predicted molar refractivity (Wildman–Crippen MR) is 51.0 cm³/mol. The molecule has 1 aromatic carbocycles. The number of hydrogen-bond donors (Lipinski definition) is 2. The minimum Gasteiger partial charge on any atom is -0.478 e. The Hall–Kier alpha value is -1.35. The molecule has 70 valence electrons. The van der Waals surface area contributed by atoms with Crippen molar-refractivity contribution in [3.05, 3.63) is 35.4 Å². The van der Waals surface area contributed by atoms with E-state index in [9.17, 15) is 4.79 Å². The molecule has 2 N–H and O–H groups in total. The largest absolute Gasteiger partial charge is 0.478 e. The first-order valence-electron chi connectivity index (χ1n) is 4.21. The Labute approximate surface area is 77.4 Å². The highest BCUT2D eigenvalue weighted by atomic mass is 16.4. The van der Waals surface area contributed by atoms with Crippen LogP contribution in [0.2, 0.25) is 0 Å². The van der Waals surface area contributed by atoms with Gasteiger partial charge in [-0.15, -0.1) is 0 Å². The molecule has 0 radical (unpaired) electrons. The van der Waals surface area contributed by atoms with Crippen molar-refractivity contribution in [2.75, 3.05) is 13.6 Å². The van der Waals surface area contributed by atoms with Crippen LogP contribution >= 0.6 is 0 Å². The lowest BCUT2D eigenvalue weighted by Gasteiger charge is -2.00. The van der Waals surface area contributed by atoms with Gasteiger partial charge in [0.05, 0.1) is 5.56 Å². The van der Waals surface area contributed by atoms with Crippen molar-refractivity contribution in [3.63, 3.8) is 0 Å². The van der Waals surface area contributed by atoms with Crippen molar-refractivity contribution in [3.8, 4) is 0 Å². The predicted octanol–water partition coefficient (Wildman–Crippen LogP) is 1.15. The number of benzene rings is 1. The van der Waals surface area contributed by atoms with Crippen molar-refractivity contribution >= 4 is 5.97 Å². The van der Waals surface area contributed by atoms with Crippen LogP contribution in [0, 0.1) is 0 Å². The molecular formula is C10H13NO2. The quantitative estimate of drug-likeness (QED) is 0.728. The fourth-order valence-electron chi connectivity index (χ4n) is 1.08. The summed E-state index contributed by atoms with van der Waals surface area (Å²) in [6.07, 6.45) is 0.927. The molecule has 0 unspecified atom stereocenters. The molecule has 0 spiro atoms. The molecule has 1 rings (SSSR count). The van der Waals surface area contributed by atoms with Gasteiger partial charge in [-0.1, -0.05) is 12.1 Å². The zero-order valence-corrected chi connectivity index (χ0v) is 7.58. The average molecular weight is 179 g/mol. The minimum absolute atomic E-state index is 0.341. The van der Waals surface area contributed by atoms with E-state index in [2.05, 4.69) is 5.32 Å². The second kappa shape index (κ2) is 4.62. The molecule has 0 aliphatic heterocycles. The van der Waals surface area contributed by atoms with E-state index in [0.717, 1.165) is 18.5 Å². The summed E-state index contributed by atoms with van der Waals surface area (Å²) < 4.78 is 0. The molecule has 0 atom stereocenters. The number of aromatic carboxylic acids is 1. The second-order valence-electron chi connectivity index (χ2n) is 2.86. The summed E-state index contributed by atoms with van der Waals surface area (Å²) in [6, 6.07) is 6.96. The number of hydrogen-bond acceptors (Lipinski definition) is 2. The fraction of sp³-hybridized carbons (Fsp3) is 0.300. The van der Waals surface area contributed by atoms with E-state index in [0.29, 0.717) is 5.56 Å². The first-order chi connectivity index (χ1) is 6.24. The van der Waals surface area contributed by atoms with Crippen LogP contribution in [-0.2, 0) is 6.42 Å². The maximum absolute atomic E-state index is 10.5. The van der Waals surface area contributed by atoms with Gasteiger partial charge < -0.3 is 10.4 Å². The van der Waals surface area contributed by atoms with Crippen molar-refractivity contribution in [2.45, 2.75) is 6.42 Å². The zero-order chi connectivity index (χ0) is 9.68. The summed E-state index contributed by atoms with van der Waals surface area (Å²) in [6.45, 7) is 0.909. The summed E-state index contributed by atoms with van der Waals surface area (Å²) in [5, 5.41) is 11.7. The van der Waals surface area contributed by atoms with Gasteiger partial charge in [-0.3, -0.25) is 0 Å². The first-order valence-corrected chi connectivity index (χ1v) is 4.21. The van der Waals surface area contributed by atoms with E-state index in [1.807, 2.05) is 19.2 Å². The standard InChI is InChI=1S/C10H13NO2/c1-11-7-6-8-2-4-9(5-3-8)10(12)13/h2-5,11H,6-7H2,1H3,(H,12,13). The summed E-state index contributed by atoms with van der Waals surface area (Å²) in [5.74, 6) is -0.875. The van der Waals surface area contributed by atoms with Crippen LogP contribution in [0.4, 0.5) is 0 Å². The minimum atomic E-state index is -0.875. The van der Waals surface area contributed by atoms with Crippen molar-refractivity contribution in [1.29, 1.82) is 0 Å². The van der Waals surface area contributed by atoms with Crippen LogP contribution in [0.25, 0.3) is 0 Å². The highest BCUT2D eigenvalue weighted by Crippen LogP contribution is 2.04. The Morgan fingerprint density at radius 2 is 2.00 bits per heavy atom. The van der Waals surface area contributed by atoms with Gasteiger partial charge in [0.2, 0.25) is 0 Å². The van der Waals surface area contributed by atoms with Gasteiger partial charge in [0.25, 0.3) is 0 Å². The maximum atomic E-state index is 10.5. The topological polar surface area (TPSA) is 49.3 Å². The van der Waals surface area contributed by atoms with Gasteiger partial charge in [0.1, 0.15) is 0 Å². The van der Waals surface area contributed by atoms with E-state index < -0.39 is 5.97 Å². The fourth-order valence-corrected chi connectivity index (χ4v) is 1.08. The van der Waals surface area contributed by atoms with Crippen molar-refractivity contribution < 1.29 is 9.90 Å². The number of likely N-dealkylation sites (N-methyl/N-ethyl adjacent to an activating group) is 1. The molecule has 13 heavy (non-hydrogen) atoms. The van der Waals surface area contributed by atoms with Gasteiger partial charge in [0.15, 0.2) is 0 Å². The Balaban J connectivity index is 2.64. The van der Waals surface area contributed by atoms with E-state index in [1.165, 1.54) is 0 Å². The van der Waals surface area contributed by atoms with E-state index in [1.54, 1.807) is 12.1 Å². The van der Waals surface area contributed by atoms with Gasteiger partial charge in [-0.25, -0.2) is 4.79 Å². The molecule has 0 aromatic heterocycles. The highest BCUT2D eigenvalue weighted by molar-refractivity contribution is 5.87.